The molecule has 1 aromatic carbocycles. The van der Waals surface area contributed by atoms with E-state index in [2.05, 4.69) is 16.8 Å². The lowest BCUT2D eigenvalue weighted by atomic mass is 10.1. The maximum Gasteiger partial charge on any atom is 0.261 e. The molecule has 1 saturated heterocycles. The third kappa shape index (κ3) is 3.06. The molecule has 4 heterocycles. The van der Waals surface area contributed by atoms with Gasteiger partial charge in [0.15, 0.2) is 5.79 Å². The number of hydrogen-bond acceptors (Lipinski definition) is 6. The predicted octanol–water partition coefficient (Wildman–Crippen LogP) is 2.33. The van der Waals surface area contributed by atoms with Gasteiger partial charge in [0.1, 0.15) is 5.82 Å². The molecule has 0 atom stereocenters. The summed E-state index contributed by atoms with van der Waals surface area (Å²) in [5.74, 6) is 6.44. The van der Waals surface area contributed by atoms with Crippen LogP contribution in [0.4, 0.5) is 0 Å². The molecule has 3 aromatic rings. The van der Waals surface area contributed by atoms with Gasteiger partial charge < -0.3 is 9.47 Å². The number of fused-ring (bicyclic) bond motifs is 2. The lowest BCUT2D eigenvalue weighted by Crippen LogP contribution is -2.31. The Morgan fingerprint density at radius 2 is 2.07 bits per heavy atom. The molecule has 0 unspecified atom stereocenters. The van der Waals surface area contributed by atoms with Crippen molar-refractivity contribution >= 4 is 22.2 Å². The largest absolute Gasteiger partial charge is 0.347 e. The van der Waals surface area contributed by atoms with Crippen molar-refractivity contribution in [2.45, 2.75) is 31.6 Å². The van der Waals surface area contributed by atoms with Crippen LogP contribution in [-0.4, -0.2) is 33.5 Å². The van der Waals surface area contributed by atoms with Gasteiger partial charge in [0, 0.05) is 31.4 Å². The Bertz CT molecular complexity index is 1120. The lowest BCUT2D eigenvalue weighted by Gasteiger charge is -2.24. The van der Waals surface area contributed by atoms with Crippen LogP contribution < -0.4 is 5.56 Å². The van der Waals surface area contributed by atoms with E-state index in [1.165, 1.54) is 11.3 Å². The molecule has 0 radical (unpaired) electrons. The number of aromatic nitrogens is 3. The van der Waals surface area contributed by atoms with Gasteiger partial charge >= 0.3 is 0 Å². The zero-order valence-corrected chi connectivity index (χ0v) is 15.4. The van der Waals surface area contributed by atoms with Crippen molar-refractivity contribution in [3.05, 3.63) is 56.5 Å². The van der Waals surface area contributed by atoms with Gasteiger partial charge in [-0.15, -0.1) is 11.3 Å². The Labute approximate surface area is 159 Å². The molecule has 27 heavy (non-hydrogen) atoms. The van der Waals surface area contributed by atoms with Crippen molar-refractivity contribution in [2.75, 3.05) is 13.2 Å². The quantitative estimate of drug-likeness (QED) is 0.561. The maximum atomic E-state index is 13.0. The monoisotopic (exact) mass is 379 g/mol. The van der Waals surface area contributed by atoms with Crippen molar-refractivity contribution in [2.24, 2.45) is 0 Å². The van der Waals surface area contributed by atoms with Gasteiger partial charge in [-0.1, -0.05) is 5.92 Å². The van der Waals surface area contributed by atoms with Crippen molar-refractivity contribution < 1.29 is 9.47 Å². The summed E-state index contributed by atoms with van der Waals surface area (Å²) in [5, 5.41) is 0.617. The molecule has 7 heteroatoms. The SMILES string of the molecule is O=c1c2ccc(C#Cc3cncs3)cc2nc2n1CCC1(CC2)OCCO1. The van der Waals surface area contributed by atoms with Crippen LogP contribution in [0.25, 0.3) is 10.9 Å². The number of benzene rings is 1. The van der Waals surface area contributed by atoms with Crippen molar-refractivity contribution in [1.82, 2.24) is 14.5 Å². The van der Waals surface area contributed by atoms with E-state index in [9.17, 15) is 4.79 Å². The Balaban J connectivity index is 1.53. The van der Waals surface area contributed by atoms with E-state index in [0.29, 0.717) is 43.5 Å². The highest BCUT2D eigenvalue weighted by molar-refractivity contribution is 7.10. The van der Waals surface area contributed by atoms with Gasteiger partial charge in [-0.25, -0.2) is 4.98 Å². The molecule has 0 aliphatic carbocycles. The second-order valence-electron chi connectivity index (χ2n) is 6.69. The molecule has 6 nitrogen and oxygen atoms in total. The Hall–Kier alpha value is -2.53. The first kappa shape index (κ1) is 16.6. The normalized spacial score (nSPS) is 18.1. The molecular weight excluding hydrogens is 362 g/mol. The van der Waals surface area contributed by atoms with E-state index in [1.54, 1.807) is 16.3 Å². The van der Waals surface area contributed by atoms with E-state index in [-0.39, 0.29) is 5.56 Å². The summed E-state index contributed by atoms with van der Waals surface area (Å²) in [6.45, 7) is 1.79. The van der Waals surface area contributed by atoms with Crippen LogP contribution in [0.2, 0.25) is 0 Å². The number of hydrogen-bond donors (Lipinski definition) is 0. The first-order chi connectivity index (χ1) is 13.2. The Kier molecular flexibility index (Phi) is 4.05. The summed E-state index contributed by atoms with van der Waals surface area (Å²) in [6.07, 6.45) is 3.79. The lowest BCUT2D eigenvalue weighted by molar-refractivity contribution is -0.165. The predicted molar refractivity (Wildman–Crippen MR) is 102 cm³/mol. The Morgan fingerprint density at radius 1 is 1.19 bits per heavy atom. The van der Waals surface area contributed by atoms with Crippen molar-refractivity contribution in [1.29, 1.82) is 0 Å². The molecule has 1 fully saturated rings. The van der Waals surface area contributed by atoms with E-state index >= 15 is 0 Å². The molecule has 136 valence electrons. The standard InChI is InChI=1S/C20H17N3O3S/c24-19-16-4-2-14(1-3-15-12-21-13-27-15)11-17(16)22-18-5-6-20(7-8-23(18)19)25-9-10-26-20/h2,4,11-13H,5-10H2. The highest BCUT2D eigenvalue weighted by atomic mass is 32.1. The van der Waals surface area contributed by atoms with Crippen LogP contribution in [0.3, 0.4) is 0 Å². The fourth-order valence-corrected chi connectivity index (χ4v) is 4.14. The first-order valence-corrected chi connectivity index (χ1v) is 9.82. The highest BCUT2D eigenvalue weighted by Crippen LogP contribution is 2.31. The third-order valence-electron chi connectivity index (χ3n) is 5.06. The first-order valence-electron chi connectivity index (χ1n) is 8.94. The molecule has 0 amide bonds. The zero-order chi connectivity index (χ0) is 18.3. The van der Waals surface area contributed by atoms with E-state index < -0.39 is 5.79 Å². The van der Waals surface area contributed by atoms with E-state index in [0.717, 1.165) is 22.7 Å². The highest BCUT2D eigenvalue weighted by Gasteiger charge is 2.38. The summed E-state index contributed by atoms with van der Waals surface area (Å²) >= 11 is 1.50. The van der Waals surface area contributed by atoms with Gasteiger partial charge in [0.25, 0.3) is 5.56 Å². The number of nitrogens with zero attached hydrogens (tertiary/aromatic N) is 3. The molecule has 1 spiro atoms. The van der Waals surface area contributed by atoms with Crippen molar-refractivity contribution in [3.63, 3.8) is 0 Å². The number of aryl methyl sites for hydroxylation is 1. The van der Waals surface area contributed by atoms with Gasteiger partial charge in [0.05, 0.1) is 40.7 Å². The van der Waals surface area contributed by atoms with Crippen molar-refractivity contribution in [3.8, 4) is 11.8 Å². The number of ether oxygens (including phenoxy) is 2. The van der Waals surface area contributed by atoms with Gasteiger partial charge in [-0.3, -0.25) is 14.3 Å². The molecule has 5 rings (SSSR count). The summed E-state index contributed by atoms with van der Waals surface area (Å²) in [6, 6.07) is 5.57. The summed E-state index contributed by atoms with van der Waals surface area (Å²) in [5.41, 5.74) is 3.27. The van der Waals surface area contributed by atoms with E-state index in [4.69, 9.17) is 14.5 Å². The van der Waals surface area contributed by atoms with Gasteiger partial charge in [-0.05, 0) is 24.1 Å². The maximum absolute atomic E-state index is 13.0. The average Bonchev–Trinajstić information content (AvgIpc) is 3.33. The molecule has 2 aliphatic heterocycles. The topological polar surface area (TPSA) is 66.2 Å². The second-order valence-corrected chi connectivity index (χ2v) is 7.58. The van der Waals surface area contributed by atoms with Crippen LogP contribution in [0.15, 0.2) is 34.7 Å². The van der Waals surface area contributed by atoms with Gasteiger partial charge in [-0.2, -0.15) is 0 Å². The minimum Gasteiger partial charge on any atom is -0.347 e. The zero-order valence-electron chi connectivity index (χ0n) is 14.6. The number of thiazole rings is 1. The van der Waals surface area contributed by atoms with Crippen LogP contribution in [-0.2, 0) is 22.4 Å². The van der Waals surface area contributed by atoms with Crippen LogP contribution in [0.5, 0.6) is 0 Å². The molecular formula is C20H17N3O3S. The molecule has 0 bridgehead atoms. The molecule has 2 aliphatic rings. The van der Waals surface area contributed by atoms with Crippen LogP contribution >= 0.6 is 11.3 Å². The van der Waals surface area contributed by atoms with Crippen LogP contribution in [0.1, 0.15) is 29.1 Å². The molecule has 2 aromatic heterocycles. The summed E-state index contributed by atoms with van der Waals surface area (Å²) < 4.78 is 13.4. The molecule has 0 saturated carbocycles. The Morgan fingerprint density at radius 3 is 2.89 bits per heavy atom. The average molecular weight is 379 g/mol. The third-order valence-corrected chi connectivity index (χ3v) is 5.74. The van der Waals surface area contributed by atoms with Gasteiger partial charge in [0.2, 0.25) is 0 Å². The van der Waals surface area contributed by atoms with Crippen LogP contribution in [0, 0.1) is 11.8 Å². The fourth-order valence-electron chi connectivity index (χ4n) is 3.67. The molecule has 0 N–H and O–H groups in total. The second kappa shape index (κ2) is 6.57. The summed E-state index contributed by atoms with van der Waals surface area (Å²) in [4.78, 5) is 22.7. The van der Waals surface area contributed by atoms with E-state index in [1.807, 2.05) is 18.2 Å². The minimum atomic E-state index is -0.558. The summed E-state index contributed by atoms with van der Waals surface area (Å²) in [7, 11) is 0. The minimum absolute atomic E-state index is 0.00740. The fraction of sp³-hybridized carbons (Fsp3) is 0.350. The number of rotatable bonds is 0. The smallest absolute Gasteiger partial charge is 0.261 e.